The van der Waals surface area contributed by atoms with Gasteiger partial charge < -0.3 is 14.9 Å². The van der Waals surface area contributed by atoms with Crippen LogP contribution < -0.4 is 0 Å². The predicted octanol–water partition coefficient (Wildman–Crippen LogP) is 3.73. The average Bonchev–Trinajstić information content (AvgIpc) is 2.72. The smallest absolute Gasteiger partial charge is 0.313 e. The van der Waals surface area contributed by atoms with Gasteiger partial charge in [0.1, 0.15) is 11.5 Å². The van der Waals surface area contributed by atoms with Gasteiger partial charge in [0, 0.05) is 5.56 Å². The third-order valence-corrected chi connectivity index (χ3v) is 5.40. The topological polar surface area (TPSA) is 83.8 Å². The fourth-order valence-electron chi connectivity index (χ4n) is 3.97. The summed E-state index contributed by atoms with van der Waals surface area (Å²) < 4.78 is 4.97. The summed E-state index contributed by atoms with van der Waals surface area (Å²) in [7, 11) is 1.30. The van der Waals surface area contributed by atoms with Crippen LogP contribution in [0.3, 0.4) is 0 Å². The number of esters is 1. The van der Waals surface area contributed by atoms with Gasteiger partial charge in [0.2, 0.25) is 5.78 Å². The van der Waals surface area contributed by atoms with Crippen molar-refractivity contribution in [1.82, 2.24) is 0 Å². The lowest BCUT2D eigenvalue weighted by molar-refractivity contribution is -0.142. The van der Waals surface area contributed by atoms with Crippen LogP contribution in [-0.4, -0.2) is 29.1 Å². The molecule has 0 fully saturated rings. The normalized spacial score (nSPS) is 13.3. The molecule has 0 aliphatic heterocycles. The second-order valence-electron chi connectivity index (χ2n) is 7.12. The third kappa shape index (κ3) is 3.25. The number of methoxy groups -OCH3 is 1. The van der Waals surface area contributed by atoms with E-state index in [9.17, 15) is 19.8 Å². The molecular formula is C24H20O5. The standard InChI is InChI=1S/C24H20O5/c1-29-24(28)18(12-14-6-3-2-4-7-14)17-11-10-16-13-15-8-5-9-19(25)20(15)23(27)21(16)22(17)26/h2-11,18,25-26H,12-13H2,1H3. The number of carbonyl (C=O) groups is 2. The maximum atomic E-state index is 13.1. The number of ether oxygens (including phenoxy) is 1. The van der Waals surface area contributed by atoms with Gasteiger partial charge in [-0.1, -0.05) is 54.6 Å². The molecular weight excluding hydrogens is 368 g/mol. The number of phenolic OH excluding ortho intramolecular Hbond substituents is 2. The molecule has 3 aromatic carbocycles. The molecule has 0 saturated carbocycles. The number of hydrogen-bond acceptors (Lipinski definition) is 5. The van der Waals surface area contributed by atoms with Gasteiger partial charge >= 0.3 is 5.97 Å². The molecule has 0 aromatic heterocycles. The summed E-state index contributed by atoms with van der Waals surface area (Å²) >= 11 is 0. The molecule has 0 heterocycles. The van der Waals surface area contributed by atoms with Crippen molar-refractivity contribution in [3.05, 3.63) is 94.0 Å². The summed E-state index contributed by atoms with van der Waals surface area (Å²) in [4.78, 5) is 25.6. The fraction of sp³-hybridized carbons (Fsp3) is 0.167. The first-order valence-corrected chi connectivity index (χ1v) is 9.33. The Morgan fingerprint density at radius 3 is 2.41 bits per heavy atom. The Hall–Kier alpha value is -3.60. The van der Waals surface area contributed by atoms with Gasteiger partial charge in [0.25, 0.3) is 0 Å². The molecule has 0 spiro atoms. The molecule has 5 heteroatoms. The summed E-state index contributed by atoms with van der Waals surface area (Å²) in [5.74, 6) is -2.03. The predicted molar refractivity (Wildman–Crippen MR) is 107 cm³/mol. The van der Waals surface area contributed by atoms with Crippen LogP contribution in [0.25, 0.3) is 0 Å². The third-order valence-electron chi connectivity index (χ3n) is 5.40. The van der Waals surface area contributed by atoms with Gasteiger partial charge in [-0.3, -0.25) is 9.59 Å². The van der Waals surface area contributed by atoms with E-state index in [4.69, 9.17) is 4.74 Å². The van der Waals surface area contributed by atoms with E-state index in [1.165, 1.54) is 13.2 Å². The van der Waals surface area contributed by atoms with E-state index in [2.05, 4.69) is 0 Å². The Labute approximate surface area is 168 Å². The summed E-state index contributed by atoms with van der Waals surface area (Å²) in [5.41, 5.74) is 2.96. The summed E-state index contributed by atoms with van der Waals surface area (Å²) in [6.07, 6.45) is 0.746. The van der Waals surface area contributed by atoms with Crippen LogP contribution in [0.15, 0.2) is 60.7 Å². The number of ketones is 1. The maximum absolute atomic E-state index is 13.1. The van der Waals surface area contributed by atoms with Crippen LogP contribution in [0.4, 0.5) is 0 Å². The largest absolute Gasteiger partial charge is 0.507 e. The van der Waals surface area contributed by atoms with Crippen molar-refractivity contribution < 1.29 is 24.5 Å². The van der Waals surface area contributed by atoms with E-state index in [-0.39, 0.29) is 22.6 Å². The minimum absolute atomic E-state index is 0.114. The van der Waals surface area contributed by atoms with Crippen molar-refractivity contribution in [2.24, 2.45) is 0 Å². The van der Waals surface area contributed by atoms with Gasteiger partial charge in [-0.15, -0.1) is 0 Å². The number of hydrogen-bond donors (Lipinski definition) is 2. The minimum Gasteiger partial charge on any atom is -0.507 e. The Balaban J connectivity index is 1.81. The molecule has 1 aliphatic carbocycles. The lowest BCUT2D eigenvalue weighted by Crippen LogP contribution is -2.20. The Kier molecular flexibility index (Phi) is 4.80. The van der Waals surface area contributed by atoms with Gasteiger partial charge in [-0.25, -0.2) is 0 Å². The zero-order chi connectivity index (χ0) is 20.5. The second kappa shape index (κ2) is 7.43. The van der Waals surface area contributed by atoms with Gasteiger partial charge in [-0.05, 0) is 35.6 Å². The fourth-order valence-corrected chi connectivity index (χ4v) is 3.97. The number of fused-ring (bicyclic) bond motifs is 2. The first kappa shape index (κ1) is 18.7. The zero-order valence-corrected chi connectivity index (χ0v) is 15.9. The van der Waals surface area contributed by atoms with Gasteiger partial charge in [0.15, 0.2) is 0 Å². The molecule has 0 radical (unpaired) electrons. The zero-order valence-electron chi connectivity index (χ0n) is 15.9. The van der Waals surface area contributed by atoms with Crippen molar-refractivity contribution >= 4 is 11.8 Å². The van der Waals surface area contributed by atoms with Crippen molar-refractivity contribution in [3.8, 4) is 11.5 Å². The van der Waals surface area contributed by atoms with E-state index in [0.29, 0.717) is 29.5 Å². The molecule has 2 N–H and O–H groups in total. The second-order valence-corrected chi connectivity index (χ2v) is 7.12. The maximum Gasteiger partial charge on any atom is 0.313 e. The molecule has 4 rings (SSSR count). The molecule has 1 atom stereocenters. The van der Waals surface area contributed by atoms with Gasteiger partial charge in [-0.2, -0.15) is 0 Å². The first-order valence-electron chi connectivity index (χ1n) is 9.33. The van der Waals surface area contributed by atoms with E-state index in [0.717, 1.165) is 5.56 Å². The van der Waals surface area contributed by atoms with Crippen LogP contribution in [-0.2, 0) is 22.4 Å². The minimum atomic E-state index is -0.758. The Bertz CT molecular complexity index is 1100. The molecule has 5 nitrogen and oxygen atoms in total. The van der Waals surface area contributed by atoms with Crippen molar-refractivity contribution in [2.75, 3.05) is 7.11 Å². The van der Waals surface area contributed by atoms with Gasteiger partial charge in [0.05, 0.1) is 24.2 Å². The molecule has 3 aromatic rings. The SMILES string of the molecule is COC(=O)C(Cc1ccccc1)c1ccc2c(c1O)C(=O)c1c(O)cccc1C2. The molecule has 29 heavy (non-hydrogen) atoms. The van der Waals surface area contributed by atoms with Crippen molar-refractivity contribution in [3.63, 3.8) is 0 Å². The molecule has 0 amide bonds. The number of rotatable bonds is 4. The quantitative estimate of drug-likeness (QED) is 0.521. The molecule has 1 unspecified atom stereocenters. The highest BCUT2D eigenvalue weighted by Gasteiger charge is 2.33. The first-order chi connectivity index (χ1) is 14.0. The lowest BCUT2D eigenvalue weighted by Gasteiger charge is -2.23. The number of benzene rings is 3. The number of carbonyl (C=O) groups excluding carboxylic acids is 2. The highest BCUT2D eigenvalue weighted by Crippen LogP contribution is 2.40. The summed E-state index contributed by atoms with van der Waals surface area (Å²) in [5, 5.41) is 21.2. The average molecular weight is 388 g/mol. The summed E-state index contributed by atoms with van der Waals surface area (Å²) in [6.45, 7) is 0. The van der Waals surface area contributed by atoms with Crippen LogP contribution in [0.2, 0.25) is 0 Å². The van der Waals surface area contributed by atoms with E-state index < -0.39 is 17.7 Å². The van der Waals surface area contributed by atoms with E-state index >= 15 is 0 Å². The van der Waals surface area contributed by atoms with Crippen LogP contribution >= 0.6 is 0 Å². The molecule has 0 bridgehead atoms. The monoisotopic (exact) mass is 388 g/mol. The van der Waals surface area contributed by atoms with Crippen molar-refractivity contribution in [1.29, 1.82) is 0 Å². The van der Waals surface area contributed by atoms with Crippen LogP contribution in [0.5, 0.6) is 11.5 Å². The number of phenols is 2. The molecule has 146 valence electrons. The van der Waals surface area contributed by atoms with Crippen LogP contribution in [0, 0.1) is 0 Å². The highest BCUT2D eigenvalue weighted by molar-refractivity contribution is 6.15. The van der Waals surface area contributed by atoms with Crippen LogP contribution in [0.1, 0.15) is 44.1 Å². The Morgan fingerprint density at radius 1 is 0.966 bits per heavy atom. The summed E-state index contributed by atoms with van der Waals surface area (Å²) in [6, 6.07) is 17.8. The molecule has 0 saturated heterocycles. The number of aromatic hydroxyl groups is 2. The molecule has 1 aliphatic rings. The van der Waals surface area contributed by atoms with E-state index in [1.54, 1.807) is 24.3 Å². The van der Waals surface area contributed by atoms with E-state index in [1.807, 2.05) is 30.3 Å². The Morgan fingerprint density at radius 2 is 1.69 bits per heavy atom. The highest BCUT2D eigenvalue weighted by atomic mass is 16.5. The lowest BCUT2D eigenvalue weighted by atomic mass is 9.80. The van der Waals surface area contributed by atoms with Crippen molar-refractivity contribution in [2.45, 2.75) is 18.8 Å².